The van der Waals surface area contributed by atoms with Gasteiger partial charge in [0.2, 0.25) is 0 Å². The lowest BCUT2D eigenvalue weighted by Gasteiger charge is -2.01. The molecule has 2 unspecified atom stereocenters. The molecule has 0 aromatic heterocycles. The fourth-order valence-electron chi connectivity index (χ4n) is 0.371. The van der Waals surface area contributed by atoms with Gasteiger partial charge in [-0.25, -0.2) is 0 Å². The van der Waals surface area contributed by atoms with Crippen molar-refractivity contribution in [1.29, 1.82) is 0 Å². The van der Waals surface area contributed by atoms with Crippen molar-refractivity contribution in [3.05, 3.63) is 0 Å². The Hall–Kier alpha value is 0.350. The van der Waals surface area contributed by atoms with Crippen molar-refractivity contribution in [3.63, 3.8) is 0 Å². The molecule has 0 radical (unpaired) electrons. The molecule has 0 bridgehead atoms. The average Bonchev–Trinajstić information content (AvgIpc) is 1.91. The maximum absolute atomic E-state index is 5.07. The van der Waals surface area contributed by atoms with Crippen molar-refractivity contribution in [2.75, 3.05) is 0 Å². The maximum Gasteiger partial charge on any atom is 0.155 e. The Balaban J connectivity index is 2.33. The van der Waals surface area contributed by atoms with Gasteiger partial charge in [0.25, 0.3) is 0 Å². The maximum atomic E-state index is 5.07. The normalized spacial score (nSPS) is 45.4. The third-order valence-corrected chi connectivity index (χ3v) is 2.07. The second-order valence-corrected chi connectivity index (χ2v) is 2.37. The first-order valence-corrected chi connectivity index (χ1v) is 3.18. The zero-order valence-corrected chi connectivity index (χ0v) is 5.47. The summed E-state index contributed by atoms with van der Waals surface area (Å²) in [4.78, 5) is 0. The Morgan fingerprint density at radius 1 is 1.14 bits per heavy atom. The van der Waals surface area contributed by atoms with Crippen molar-refractivity contribution in [2.24, 2.45) is 0 Å². The third-order valence-electron chi connectivity index (χ3n) is 1.13. The topological polar surface area (TPSA) is 18.5 Å². The first kappa shape index (κ1) is 5.49. The van der Waals surface area contributed by atoms with Crippen LogP contribution < -0.4 is 0 Å². The van der Waals surface area contributed by atoms with Gasteiger partial charge in [0, 0.05) is 0 Å². The first-order chi connectivity index (χ1) is 3.30. The summed E-state index contributed by atoms with van der Waals surface area (Å²) >= 11 is 0. The monoisotopic (exact) mass is 120 g/mol. The van der Waals surface area contributed by atoms with E-state index in [1.807, 2.05) is 13.8 Å². The van der Waals surface area contributed by atoms with Crippen LogP contribution in [0, 0.1) is 0 Å². The number of rotatable bonds is 0. The van der Waals surface area contributed by atoms with E-state index < -0.39 is 0 Å². The minimum absolute atomic E-state index is 0.269. The third kappa shape index (κ3) is 1.12. The second kappa shape index (κ2) is 2.08. The van der Waals surface area contributed by atoms with E-state index >= 15 is 0 Å². The second-order valence-electron chi connectivity index (χ2n) is 1.73. The summed E-state index contributed by atoms with van der Waals surface area (Å²) < 4.78 is 10.1. The lowest BCUT2D eigenvalue weighted by molar-refractivity contribution is 0.187. The molecule has 0 N–H and O–H groups in total. The van der Waals surface area contributed by atoms with Crippen LogP contribution in [0.5, 0.6) is 0 Å². The van der Waals surface area contributed by atoms with E-state index in [2.05, 4.69) is 0 Å². The van der Waals surface area contributed by atoms with Gasteiger partial charge in [0.05, 0.1) is 12.2 Å². The fraction of sp³-hybridized carbons (Fsp3) is 1.00. The van der Waals surface area contributed by atoms with Gasteiger partial charge >= 0.3 is 0 Å². The molecule has 1 saturated heterocycles. The predicted molar refractivity (Wildman–Crippen MR) is 29.4 cm³/mol. The Morgan fingerprint density at radius 3 is 1.71 bits per heavy atom. The van der Waals surface area contributed by atoms with Gasteiger partial charge in [0.1, 0.15) is 0 Å². The highest BCUT2D eigenvalue weighted by Crippen LogP contribution is 2.30. The highest BCUT2D eigenvalue weighted by molar-refractivity contribution is 7.26. The van der Waals surface area contributed by atoms with Gasteiger partial charge < -0.3 is 9.05 Å². The zero-order chi connectivity index (χ0) is 5.28. The van der Waals surface area contributed by atoms with Gasteiger partial charge in [0.15, 0.2) is 9.03 Å². The molecular formula is C4H9O2P. The van der Waals surface area contributed by atoms with Gasteiger partial charge in [-0.3, -0.25) is 0 Å². The number of hydrogen-bond acceptors (Lipinski definition) is 2. The highest BCUT2D eigenvalue weighted by Gasteiger charge is 2.19. The summed E-state index contributed by atoms with van der Waals surface area (Å²) in [5, 5.41) is 0. The van der Waals surface area contributed by atoms with Crippen LogP contribution in [0.25, 0.3) is 0 Å². The zero-order valence-electron chi connectivity index (χ0n) is 4.47. The molecule has 7 heavy (non-hydrogen) atoms. The minimum atomic E-state index is 0.269. The molecule has 1 fully saturated rings. The largest absolute Gasteiger partial charge is 0.330 e. The van der Waals surface area contributed by atoms with Crippen LogP contribution in [0.2, 0.25) is 0 Å². The van der Waals surface area contributed by atoms with Crippen LogP contribution in [0.1, 0.15) is 13.8 Å². The summed E-state index contributed by atoms with van der Waals surface area (Å²) in [6.45, 7) is 4.04. The minimum Gasteiger partial charge on any atom is -0.330 e. The Kier molecular flexibility index (Phi) is 1.63. The van der Waals surface area contributed by atoms with E-state index in [0.717, 1.165) is 0 Å². The van der Waals surface area contributed by atoms with Crippen LogP contribution in [-0.2, 0) is 9.05 Å². The molecule has 0 spiro atoms. The summed E-state index contributed by atoms with van der Waals surface area (Å²) in [5.41, 5.74) is 0. The molecule has 0 aliphatic carbocycles. The molecule has 1 rings (SSSR count). The van der Waals surface area contributed by atoms with Crippen molar-refractivity contribution >= 4 is 9.03 Å². The smallest absolute Gasteiger partial charge is 0.155 e. The van der Waals surface area contributed by atoms with Crippen molar-refractivity contribution < 1.29 is 9.05 Å². The predicted octanol–water partition coefficient (Wildman–Crippen LogP) is 1.32. The molecule has 1 heterocycles. The molecule has 2 nitrogen and oxygen atoms in total. The van der Waals surface area contributed by atoms with Gasteiger partial charge in [-0.15, -0.1) is 0 Å². The van der Waals surface area contributed by atoms with Crippen LogP contribution in [-0.4, -0.2) is 12.2 Å². The SMILES string of the molecule is CC1OPOC1C. The molecule has 3 heteroatoms. The molecular weight excluding hydrogens is 111 g/mol. The van der Waals surface area contributed by atoms with E-state index in [9.17, 15) is 0 Å². The summed E-state index contributed by atoms with van der Waals surface area (Å²) in [7, 11) is 0.269. The molecule has 0 saturated carbocycles. The lowest BCUT2D eigenvalue weighted by Crippen LogP contribution is -2.13. The van der Waals surface area contributed by atoms with Crippen molar-refractivity contribution in [1.82, 2.24) is 0 Å². The standard InChI is InChI=1S/C4H9O2P/c1-3-4(2)6-7-5-3/h3-4,7H,1-2H3. The van der Waals surface area contributed by atoms with Crippen LogP contribution in [0.4, 0.5) is 0 Å². The Bertz CT molecular complexity index is 58.7. The quantitative estimate of drug-likeness (QED) is 0.449. The molecule has 0 aromatic carbocycles. The number of hydrogen-bond donors (Lipinski definition) is 0. The highest BCUT2D eigenvalue weighted by atomic mass is 31.1. The van der Waals surface area contributed by atoms with Gasteiger partial charge in [-0.2, -0.15) is 0 Å². The molecule has 2 atom stereocenters. The van der Waals surface area contributed by atoms with E-state index in [1.165, 1.54) is 0 Å². The van der Waals surface area contributed by atoms with Crippen LogP contribution in [0.3, 0.4) is 0 Å². The molecule has 0 amide bonds. The summed E-state index contributed by atoms with van der Waals surface area (Å²) in [5.74, 6) is 0. The Labute approximate surface area is 45.1 Å². The molecule has 0 aromatic rings. The van der Waals surface area contributed by atoms with E-state index in [1.54, 1.807) is 0 Å². The summed E-state index contributed by atoms with van der Waals surface area (Å²) in [6.07, 6.45) is 0.608. The Morgan fingerprint density at radius 2 is 1.57 bits per heavy atom. The van der Waals surface area contributed by atoms with Crippen molar-refractivity contribution in [3.8, 4) is 0 Å². The average molecular weight is 120 g/mol. The van der Waals surface area contributed by atoms with E-state index in [-0.39, 0.29) is 9.03 Å². The lowest BCUT2D eigenvalue weighted by atomic mass is 10.3. The van der Waals surface area contributed by atoms with E-state index in [4.69, 9.17) is 9.05 Å². The molecule has 42 valence electrons. The van der Waals surface area contributed by atoms with Crippen molar-refractivity contribution in [2.45, 2.75) is 26.1 Å². The van der Waals surface area contributed by atoms with Crippen LogP contribution >= 0.6 is 9.03 Å². The van der Waals surface area contributed by atoms with Gasteiger partial charge in [-0.1, -0.05) is 0 Å². The van der Waals surface area contributed by atoms with E-state index in [0.29, 0.717) is 12.2 Å². The molecule has 1 aliphatic heterocycles. The molecule has 1 aliphatic rings. The van der Waals surface area contributed by atoms with Crippen LogP contribution in [0.15, 0.2) is 0 Å². The first-order valence-electron chi connectivity index (χ1n) is 2.37. The summed E-state index contributed by atoms with van der Waals surface area (Å²) in [6, 6.07) is 0. The van der Waals surface area contributed by atoms with Gasteiger partial charge in [-0.05, 0) is 13.8 Å². The fourth-order valence-corrected chi connectivity index (χ4v) is 1.11.